The zero-order chi connectivity index (χ0) is 12.8. The Balaban J connectivity index is 2.02. The standard InChI is InChI=1S/C14H15FN2O/c15-13-9(8-16)2-1-3-12(13)14(18)6-10-4-5-11(7-14)17-10/h1-3,10-11,17-18H,4-7H2. The van der Waals surface area contributed by atoms with E-state index < -0.39 is 11.4 Å². The Morgan fingerprint density at radius 1 is 1.33 bits per heavy atom. The Kier molecular flexibility index (Phi) is 2.61. The van der Waals surface area contributed by atoms with Gasteiger partial charge in [0.15, 0.2) is 0 Å². The predicted molar refractivity (Wildman–Crippen MR) is 64.2 cm³/mol. The molecule has 94 valence electrons. The van der Waals surface area contributed by atoms with Crippen LogP contribution in [0.1, 0.15) is 36.8 Å². The molecule has 2 aliphatic rings. The SMILES string of the molecule is N#Cc1cccc(C2(O)CC3CCC(C2)N3)c1F. The highest BCUT2D eigenvalue weighted by Crippen LogP contribution is 2.41. The molecule has 0 spiro atoms. The van der Waals surface area contributed by atoms with Gasteiger partial charge in [-0.25, -0.2) is 4.39 Å². The number of benzene rings is 1. The third-order valence-corrected chi connectivity index (χ3v) is 4.12. The van der Waals surface area contributed by atoms with E-state index in [0.717, 1.165) is 12.8 Å². The summed E-state index contributed by atoms with van der Waals surface area (Å²) >= 11 is 0. The molecule has 1 aromatic rings. The van der Waals surface area contributed by atoms with E-state index in [2.05, 4.69) is 5.32 Å². The Bertz CT molecular complexity index is 511. The third kappa shape index (κ3) is 1.71. The van der Waals surface area contributed by atoms with Gasteiger partial charge >= 0.3 is 0 Å². The molecule has 3 nitrogen and oxygen atoms in total. The van der Waals surface area contributed by atoms with Gasteiger partial charge in [0, 0.05) is 17.6 Å². The van der Waals surface area contributed by atoms with Crippen molar-refractivity contribution >= 4 is 0 Å². The van der Waals surface area contributed by atoms with Crippen molar-refractivity contribution in [1.29, 1.82) is 5.26 Å². The highest BCUT2D eigenvalue weighted by atomic mass is 19.1. The maximum Gasteiger partial charge on any atom is 0.147 e. The van der Waals surface area contributed by atoms with Crippen LogP contribution in [0.25, 0.3) is 0 Å². The monoisotopic (exact) mass is 246 g/mol. The molecular formula is C14H15FN2O. The minimum absolute atomic E-state index is 0.00630. The molecule has 2 bridgehead atoms. The van der Waals surface area contributed by atoms with E-state index in [1.54, 1.807) is 12.1 Å². The van der Waals surface area contributed by atoms with E-state index in [0.29, 0.717) is 12.8 Å². The van der Waals surface area contributed by atoms with Gasteiger partial charge in [-0.15, -0.1) is 0 Å². The van der Waals surface area contributed by atoms with Crippen LogP contribution in [0.5, 0.6) is 0 Å². The van der Waals surface area contributed by atoms with E-state index in [9.17, 15) is 9.50 Å². The molecule has 2 atom stereocenters. The van der Waals surface area contributed by atoms with E-state index in [-0.39, 0.29) is 23.2 Å². The normalized spacial score (nSPS) is 34.3. The topological polar surface area (TPSA) is 56.0 Å². The van der Waals surface area contributed by atoms with Crippen LogP contribution in [0.15, 0.2) is 18.2 Å². The number of halogens is 1. The number of nitrogens with zero attached hydrogens (tertiary/aromatic N) is 1. The summed E-state index contributed by atoms with van der Waals surface area (Å²) in [6.45, 7) is 0. The van der Waals surface area contributed by atoms with Crippen molar-refractivity contribution in [1.82, 2.24) is 5.32 Å². The third-order valence-electron chi connectivity index (χ3n) is 4.12. The summed E-state index contributed by atoms with van der Waals surface area (Å²) in [6, 6.07) is 7.03. The summed E-state index contributed by atoms with van der Waals surface area (Å²) in [4.78, 5) is 0. The lowest BCUT2D eigenvalue weighted by atomic mass is 9.81. The summed E-state index contributed by atoms with van der Waals surface area (Å²) in [5.74, 6) is -0.566. The van der Waals surface area contributed by atoms with Crippen LogP contribution in [0.4, 0.5) is 4.39 Å². The molecule has 2 saturated heterocycles. The number of nitrogens with one attached hydrogen (secondary N) is 1. The molecule has 0 saturated carbocycles. The van der Waals surface area contributed by atoms with Gasteiger partial charge in [0.25, 0.3) is 0 Å². The van der Waals surface area contributed by atoms with Crippen LogP contribution in [0.3, 0.4) is 0 Å². The van der Waals surface area contributed by atoms with E-state index in [4.69, 9.17) is 5.26 Å². The molecule has 2 fully saturated rings. The minimum Gasteiger partial charge on any atom is -0.385 e. The molecule has 0 radical (unpaired) electrons. The molecule has 4 heteroatoms. The van der Waals surface area contributed by atoms with Crippen LogP contribution in [0, 0.1) is 17.1 Å². The second-order valence-electron chi connectivity index (χ2n) is 5.36. The van der Waals surface area contributed by atoms with Crippen LogP contribution in [-0.4, -0.2) is 17.2 Å². The summed E-state index contributed by atoms with van der Waals surface area (Å²) in [5, 5.41) is 23.0. The second kappa shape index (κ2) is 4.04. The molecule has 2 unspecified atom stereocenters. The number of nitriles is 1. The smallest absolute Gasteiger partial charge is 0.147 e. The molecule has 2 heterocycles. The van der Waals surface area contributed by atoms with Gasteiger partial charge in [0.2, 0.25) is 0 Å². The van der Waals surface area contributed by atoms with Crippen LogP contribution in [0.2, 0.25) is 0 Å². The first kappa shape index (κ1) is 11.6. The summed E-state index contributed by atoms with van der Waals surface area (Å²) < 4.78 is 14.2. The van der Waals surface area contributed by atoms with Crippen LogP contribution >= 0.6 is 0 Å². The molecule has 2 N–H and O–H groups in total. The lowest BCUT2D eigenvalue weighted by Gasteiger charge is -2.37. The quantitative estimate of drug-likeness (QED) is 0.794. The van der Waals surface area contributed by atoms with Crippen molar-refractivity contribution in [3.63, 3.8) is 0 Å². The maximum atomic E-state index is 14.2. The van der Waals surface area contributed by atoms with Gasteiger partial charge < -0.3 is 10.4 Å². The number of aliphatic hydroxyl groups is 1. The highest BCUT2D eigenvalue weighted by Gasteiger charge is 2.44. The molecular weight excluding hydrogens is 231 g/mol. The number of fused-ring (bicyclic) bond motifs is 2. The first-order chi connectivity index (χ1) is 8.62. The molecule has 1 aromatic carbocycles. The van der Waals surface area contributed by atoms with E-state index >= 15 is 0 Å². The van der Waals surface area contributed by atoms with Gasteiger partial charge in [-0.05, 0) is 31.7 Å². The summed E-state index contributed by atoms with van der Waals surface area (Å²) in [6.07, 6.45) is 3.11. The molecule has 18 heavy (non-hydrogen) atoms. The highest BCUT2D eigenvalue weighted by molar-refractivity contribution is 5.38. The lowest BCUT2D eigenvalue weighted by molar-refractivity contribution is -0.0144. The fraction of sp³-hybridized carbons (Fsp3) is 0.500. The van der Waals surface area contributed by atoms with E-state index in [1.165, 1.54) is 6.07 Å². The molecule has 3 rings (SSSR count). The summed E-state index contributed by atoms with van der Waals surface area (Å²) in [7, 11) is 0. The number of rotatable bonds is 1. The van der Waals surface area contributed by atoms with Crippen molar-refractivity contribution in [2.45, 2.75) is 43.4 Å². The largest absolute Gasteiger partial charge is 0.385 e. The predicted octanol–water partition coefficient (Wildman–Crippen LogP) is 1.80. The van der Waals surface area contributed by atoms with Crippen molar-refractivity contribution in [2.75, 3.05) is 0 Å². The zero-order valence-corrected chi connectivity index (χ0v) is 9.99. The fourth-order valence-electron chi connectivity index (χ4n) is 3.32. The lowest BCUT2D eigenvalue weighted by Crippen LogP contribution is -2.47. The minimum atomic E-state index is -1.13. The molecule has 0 aromatic heterocycles. The fourth-order valence-corrected chi connectivity index (χ4v) is 3.32. The van der Waals surface area contributed by atoms with Crippen LogP contribution < -0.4 is 5.32 Å². The maximum absolute atomic E-state index is 14.2. The van der Waals surface area contributed by atoms with E-state index in [1.807, 2.05) is 6.07 Å². The van der Waals surface area contributed by atoms with Gasteiger partial charge in [-0.3, -0.25) is 0 Å². The number of piperidine rings is 1. The summed E-state index contributed by atoms with van der Waals surface area (Å²) in [5.41, 5.74) is -0.847. The van der Waals surface area contributed by atoms with Crippen molar-refractivity contribution in [2.24, 2.45) is 0 Å². The molecule has 0 amide bonds. The zero-order valence-electron chi connectivity index (χ0n) is 9.99. The van der Waals surface area contributed by atoms with Crippen molar-refractivity contribution in [3.05, 3.63) is 35.1 Å². The average molecular weight is 246 g/mol. The Labute approximate surface area is 105 Å². The number of hydrogen-bond acceptors (Lipinski definition) is 3. The van der Waals surface area contributed by atoms with Crippen molar-refractivity contribution < 1.29 is 9.50 Å². The molecule has 2 aliphatic heterocycles. The van der Waals surface area contributed by atoms with Gasteiger partial charge in [-0.2, -0.15) is 5.26 Å². The molecule has 0 aliphatic carbocycles. The van der Waals surface area contributed by atoms with Gasteiger partial charge in [0.05, 0.1) is 11.2 Å². The Morgan fingerprint density at radius 2 is 2.00 bits per heavy atom. The second-order valence-corrected chi connectivity index (χ2v) is 5.36. The Hall–Kier alpha value is -1.44. The van der Waals surface area contributed by atoms with Crippen molar-refractivity contribution in [3.8, 4) is 6.07 Å². The van der Waals surface area contributed by atoms with Crippen LogP contribution in [-0.2, 0) is 5.60 Å². The van der Waals surface area contributed by atoms with Gasteiger partial charge in [-0.1, -0.05) is 12.1 Å². The first-order valence-electron chi connectivity index (χ1n) is 6.30. The van der Waals surface area contributed by atoms with Gasteiger partial charge in [0.1, 0.15) is 11.9 Å². The Morgan fingerprint density at radius 3 is 2.61 bits per heavy atom. The average Bonchev–Trinajstić information content (AvgIpc) is 2.69. The number of hydrogen-bond donors (Lipinski definition) is 2. The first-order valence-corrected chi connectivity index (χ1v) is 6.30.